The predicted octanol–water partition coefficient (Wildman–Crippen LogP) is 3.80. The van der Waals surface area contributed by atoms with Crippen molar-refractivity contribution in [2.45, 2.75) is 12.5 Å². The van der Waals surface area contributed by atoms with E-state index in [1.54, 1.807) is 21.9 Å². The van der Waals surface area contributed by atoms with E-state index in [0.717, 1.165) is 16.0 Å². The largest absolute Gasteiger partial charge is 0.454 e. The van der Waals surface area contributed by atoms with Crippen LogP contribution in [0, 0.1) is 0 Å². The summed E-state index contributed by atoms with van der Waals surface area (Å²) in [6.45, 7) is 2.00. The van der Waals surface area contributed by atoms with Gasteiger partial charge in [0.2, 0.25) is 0 Å². The lowest BCUT2D eigenvalue weighted by Crippen LogP contribution is -2.50. The molecule has 5 rings (SSSR count). The number of ether oxygens (including phenoxy) is 1. The molecule has 0 radical (unpaired) electrons. The number of hydrogen-bond donors (Lipinski definition) is 0. The lowest BCUT2D eigenvalue weighted by molar-refractivity contribution is 0.0252. The molecule has 0 aliphatic carbocycles. The van der Waals surface area contributed by atoms with Gasteiger partial charge in [0, 0.05) is 38.2 Å². The molecule has 0 saturated carbocycles. The first-order valence-electron chi connectivity index (χ1n) is 10.6. The molecular weight excluding hydrogens is 424 g/mol. The van der Waals surface area contributed by atoms with E-state index in [1.165, 1.54) is 11.3 Å². The number of benzene rings is 2. The second kappa shape index (κ2) is 8.59. The van der Waals surface area contributed by atoms with E-state index in [1.807, 2.05) is 53.9 Å². The minimum absolute atomic E-state index is 0.0198. The molecule has 2 amide bonds. The molecule has 1 saturated heterocycles. The molecule has 0 N–H and O–H groups in total. The van der Waals surface area contributed by atoms with Gasteiger partial charge in [0.15, 0.2) is 0 Å². The van der Waals surface area contributed by atoms with E-state index in [0.29, 0.717) is 43.7 Å². The van der Waals surface area contributed by atoms with E-state index in [9.17, 15) is 14.4 Å². The third kappa shape index (κ3) is 3.91. The summed E-state index contributed by atoms with van der Waals surface area (Å²) in [6, 6.07) is 18.5. The standard InChI is InChI=1S/C25H22N2O4S/c28-23(26-10-12-27(13-11-26)24(29)22-7-4-14-32-22)18-8-9-20-19(15-18)16-21(31-25(20)30)17-5-2-1-3-6-17/h1-9,14-15,21H,10-13,16H2/t21-/m1/s1. The number of amides is 2. The second-order valence-corrected chi connectivity index (χ2v) is 8.89. The first-order chi connectivity index (χ1) is 15.6. The summed E-state index contributed by atoms with van der Waals surface area (Å²) in [5.74, 6) is -0.419. The van der Waals surface area contributed by atoms with Gasteiger partial charge in [-0.2, -0.15) is 0 Å². The Morgan fingerprint density at radius 1 is 0.875 bits per heavy atom. The summed E-state index contributed by atoms with van der Waals surface area (Å²) in [4.78, 5) is 42.5. The zero-order chi connectivity index (χ0) is 22.1. The van der Waals surface area contributed by atoms with Crippen molar-refractivity contribution in [2.75, 3.05) is 26.2 Å². The molecule has 1 aromatic heterocycles. The lowest BCUT2D eigenvalue weighted by Gasteiger charge is -2.34. The minimum Gasteiger partial charge on any atom is -0.454 e. The van der Waals surface area contributed by atoms with Crippen LogP contribution in [0.4, 0.5) is 0 Å². The zero-order valence-corrected chi connectivity index (χ0v) is 18.2. The average molecular weight is 447 g/mol. The fourth-order valence-corrected chi connectivity index (χ4v) is 4.92. The quantitative estimate of drug-likeness (QED) is 0.574. The van der Waals surface area contributed by atoms with Crippen LogP contribution in [-0.2, 0) is 11.2 Å². The smallest absolute Gasteiger partial charge is 0.339 e. The van der Waals surface area contributed by atoms with E-state index in [2.05, 4.69) is 0 Å². The van der Waals surface area contributed by atoms with E-state index < -0.39 is 0 Å². The van der Waals surface area contributed by atoms with E-state index >= 15 is 0 Å². The fourth-order valence-electron chi connectivity index (χ4n) is 4.23. The van der Waals surface area contributed by atoms with Crippen molar-refractivity contribution >= 4 is 29.1 Å². The molecule has 1 atom stereocenters. The molecule has 2 aliphatic rings. The number of cyclic esters (lactones) is 1. The van der Waals surface area contributed by atoms with Gasteiger partial charge in [-0.25, -0.2) is 4.79 Å². The van der Waals surface area contributed by atoms with Gasteiger partial charge in [-0.05, 0) is 40.8 Å². The van der Waals surface area contributed by atoms with Gasteiger partial charge < -0.3 is 14.5 Å². The highest BCUT2D eigenvalue weighted by Crippen LogP contribution is 2.31. The fraction of sp³-hybridized carbons (Fsp3) is 0.240. The first-order valence-corrected chi connectivity index (χ1v) is 11.5. The van der Waals surface area contributed by atoms with Crippen LogP contribution >= 0.6 is 11.3 Å². The Morgan fingerprint density at radius 2 is 1.59 bits per heavy atom. The molecule has 2 aliphatic heterocycles. The Labute approximate surface area is 190 Å². The van der Waals surface area contributed by atoms with Gasteiger partial charge in [0.25, 0.3) is 11.8 Å². The van der Waals surface area contributed by atoms with Crippen LogP contribution < -0.4 is 0 Å². The molecule has 162 valence electrons. The third-order valence-electron chi connectivity index (χ3n) is 5.98. The number of rotatable bonds is 3. The first kappa shape index (κ1) is 20.5. The molecule has 1 fully saturated rings. The maximum absolute atomic E-state index is 13.1. The van der Waals surface area contributed by atoms with E-state index in [4.69, 9.17) is 4.74 Å². The molecule has 0 spiro atoms. The number of piperazine rings is 1. The predicted molar refractivity (Wildman–Crippen MR) is 121 cm³/mol. The molecule has 3 heterocycles. The van der Waals surface area contributed by atoms with Crippen molar-refractivity contribution < 1.29 is 19.1 Å². The Morgan fingerprint density at radius 3 is 2.28 bits per heavy atom. The molecule has 0 unspecified atom stereocenters. The zero-order valence-electron chi connectivity index (χ0n) is 17.4. The highest BCUT2D eigenvalue weighted by Gasteiger charge is 2.30. The maximum Gasteiger partial charge on any atom is 0.339 e. The van der Waals surface area contributed by atoms with Crippen molar-refractivity contribution in [1.82, 2.24) is 9.80 Å². The van der Waals surface area contributed by atoms with Crippen LogP contribution in [0.3, 0.4) is 0 Å². The Bertz CT molecular complexity index is 1150. The van der Waals surface area contributed by atoms with Gasteiger partial charge in [0.05, 0.1) is 10.4 Å². The molecule has 0 bridgehead atoms. The van der Waals surface area contributed by atoms with Crippen molar-refractivity contribution in [3.05, 3.63) is 93.2 Å². The SMILES string of the molecule is O=C1O[C@@H](c2ccccc2)Cc2cc(C(=O)N3CCN(C(=O)c4cccs4)CC3)ccc21. The molecule has 2 aromatic carbocycles. The van der Waals surface area contributed by atoms with Crippen molar-refractivity contribution in [2.24, 2.45) is 0 Å². The van der Waals surface area contributed by atoms with Crippen molar-refractivity contribution in [3.63, 3.8) is 0 Å². The number of hydrogen-bond acceptors (Lipinski definition) is 5. The summed E-state index contributed by atoms with van der Waals surface area (Å²) in [6.07, 6.45) is 0.184. The average Bonchev–Trinajstić information content (AvgIpc) is 3.38. The topological polar surface area (TPSA) is 66.9 Å². The summed E-state index contributed by atoms with van der Waals surface area (Å²) >= 11 is 1.43. The Kier molecular flexibility index (Phi) is 5.49. The molecule has 3 aromatic rings. The van der Waals surface area contributed by atoms with Crippen LogP contribution in [0.1, 0.15) is 47.6 Å². The highest BCUT2D eigenvalue weighted by molar-refractivity contribution is 7.12. The highest BCUT2D eigenvalue weighted by atomic mass is 32.1. The Hall–Kier alpha value is -3.45. The number of carbonyl (C=O) groups excluding carboxylic acids is 3. The van der Waals surface area contributed by atoms with Gasteiger partial charge in [0.1, 0.15) is 6.10 Å². The Balaban J connectivity index is 1.28. The number of carbonyl (C=O) groups is 3. The lowest BCUT2D eigenvalue weighted by atomic mass is 9.93. The monoisotopic (exact) mass is 446 g/mol. The summed E-state index contributed by atoms with van der Waals surface area (Å²) < 4.78 is 5.61. The summed E-state index contributed by atoms with van der Waals surface area (Å²) in [5, 5.41) is 1.89. The number of esters is 1. The van der Waals surface area contributed by atoms with E-state index in [-0.39, 0.29) is 23.9 Å². The van der Waals surface area contributed by atoms with Crippen LogP contribution in [0.2, 0.25) is 0 Å². The molecule has 7 heteroatoms. The minimum atomic E-state index is -0.361. The van der Waals surface area contributed by atoms with Gasteiger partial charge >= 0.3 is 5.97 Å². The summed E-state index contributed by atoms with van der Waals surface area (Å²) in [7, 11) is 0. The number of nitrogens with zero attached hydrogens (tertiary/aromatic N) is 2. The molecule has 6 nitrogen and oxygen atoms in total. The van der Waals surface area contributed by atoms with Crippen molar-refractivity contribution in [3.8, 4) is 0 Å². The normalized spacial score (nSPS) is 18.1. The number of fused-ring (bicyclic) bond motifs is 1. The maximum atomic E-state index is 13.1. The van der Waals surface area contributed by atoms with Gasteiger partial charge in [-0.15, -0.1) is 11.3 Å². The van der Waals surface area contributed by atoms with Crippen LogP contribution in [0.15, 0.2) is 66.0 Å². The summed E-state index contributed by atoms with van der Waals surface area (Å²) in [5.41, 5.74) is 2.84. The van der Waals surface area contributed by atoms with Crippen LogP contribution in [-0.4, -0.2) is 53.8 Å². The van der Waals surface area contributed by atoms with Gasteiger partial charge in [-0.3, -0.25) is 9.59 Å². The second-order valence-electron chi connectivity index (χ2n) is 7.94. The number of thiophene rings is 1. The van der Waals surface area contributed by atoms with Crippen LogP contribution in [0.25, 0.3) is 0 Å². The van der Waals surface area contributed by atoms with Crippen LogP contribution in [0.5, 0.6) is 0 Å². The molecule has 32 heavy (non-hydrogen) atoms. The third-order valence-corrected chi connectivity index (χ3v) is 6.84. The van der Waals surface area contributed by atoms with Gasteiger partial charge in [-0.1, -0.05) is 36.4 Å². The van der Waals surface area contributed by atoms with Crippen molar-refractivity contribution in [1.29, 1.82) is 0 Å². The molecular formula is C25H22N2O4S.